The van der Waals surface area contributed by atoms with E-state index in [0.29, 0.717) is 12.3 Å². The van der Waals surface area contributed by atoms with Crippen molar-refractivity contribution in [1.82, 2.24) is 5.32 Å². The monoisotopic (exact) mass is 319 g/mol. The van der Waals surface area contributed by atoms with Crippen LogP contribution < -0.4 is 10.1 Å². The third kappa shape index (κ3) is 3.74. The summed E-state index contributed by atoms with van der Waals surface area (Å²) in [5, 5.41) is 5.19. The Labute approximate surface area is 142 Å². The Bertz CT molecular complexity index is 857. The number of aryl methyl sites for hydroxylation is 1. The lowest BCUT2D eigenvalue weighted by Gasteiger charge is -2.15. The molecular formula is C21H21NO2. The van der Waals surface area contributed by atoms with Gasteiger partial charge in [-0.3, -0.25) is 4.79 Å². The molecule has 3 aromatic carbocycles. The molecule has 122 valence electrons. The molecule has 0 spiro atoms. The highest BCUT2D eigenvalue weighted by molar-refractivity contribution is 5.84. The molecule has 0 aliphatic rings. The molecule has 3 nitrogen and oxygen atoms in total. The first-order chi connectivity index (χ1) is 11.6. The molecule has 0 radical (unpaired) electrons. The summed E-state index contributed by atoms with van der Waals surface area (Å²) in [7, 11) is 0. The number of ether oxygens (including phenoxy) is 1. The normalized spacial score (nSPS) is 11.9. The maximum absolute atomic E-state index is 12.3. The van der Waals surface area contributed by atoms with Gasteiger partial charge in [-0.25, -0.2) is 0 Å². The molecule has 0 aromatic heterocycles. The highest BCUT2D eigenvalue weighted by Gasteiger charge is 2.14. The topological polar surface area (TPSA) is 38.3 Å². The van der Waals surface area contributed by atoms with E-state index in [9.17, 15) is 4.79 Å². The van der Waals surface area contributed by atoms with Crippen LogP contribution in [0.5, 0.6) is 5.75 Å². The quantitative estimate of drug-likeness (QED) is 0.764. The minimum atomic E-state index is -0.546. The Balaban J connectivity index is 1.61. The summed E-state index contributed by atoms with van der Waals surface area (Å²) in [4.78, 5) is 12.3. The fourth-order valence-corrected chi connectivity index (χ4v) is 2.63. The van der Waals surface area contributed by atoms with Crippen LogP contribution in [0.3, 0.4) is 0 Å². The molecule has 0 aliphatic carbocycles. The van der Waals surface area contributed by atoms with Crippen LogP contribution in [0, 0.1) is 6.92 Å². The van der Waals surface area contributed by atoms with Gasteiger partial charge < -0.3 is 10.1 Å². The van der Waals surface area contributed by atoms with Gasteiger partial charge in [0.05, 0.1) is 0 Å². The van der Waals surface area contributed by atoms with Crippen LogP contribution in [0.1, 0.15) is 18.1 Å². The SMILES string of the molecule is Cc1ccccc1CNC(=O)C(C)Oc1ccc2ccccc2c1. The van der Waals surface area contributed by atoms with E-state index in [2.05, 4.69) is 11.4 Å². The lowest BCUT2D eigenvalue weighted by Crippen LogP contribution is -2.36. The van der Waals surface area contributed by atoms with Crippen molar-refractivity contribution in [2.45, 2.75) is 26.5 Å². The van der Waals surface area contributed by atoms with Gasteiger partial charge in [0, 0.05) is 6.54 Å². The van der Waals surface area contributed by atoms with Crippen LogP contribution in [0.2, 0.25) is 0 Å². The minimum absolute atomic E-state index is 0.119. The van der Waals surface area contributed by atoms with Crippen LogP contribution in [0.4, 0.5) is 0 Å². The van der Waals surface area contributed by atoms with Gasteiger partial charge in [0.25, 0.3) is 5.91 Å². The lowest BCUT2D eigenvalue weighted by atomic mass is 10.1. The molecule has 1 amide bonds. The average molecular weight is 319 g/mol. The first kappa shape index (κ1) is 16.1. The zero-order valence-electron chi connectivity index (χ0n) is 14.0. The van der Waals surface area contributed by atoms with Gasteiger partial charge in [0.15, 0.2) is 6.10 Å². The number of fused-ring (bicyclic) bond motifs is 1. The number of carbonyl (C=O) groups is 1. The molecule has 0 bridgehead atoms. The number of nitrogens with one attached hydrogen (secondary N) is 1. The third-order valence-electron chi connectivity index (χ3n) is 4.12. The van der Waals surface area contributed by atoms with Crippen molar-refractivity contribution in [2.24, 2.45) is 0 Å². The molecule has 1 unspecified atom stereocenters. The fourth-order valence-electron chi connectivity index (χ4n) is 2.63. The third-order valence-corrected chi connectivity index (χ3v) is 4.12. The van der Waals surface area contributed by atoms with E-state index in [0.717, 1.165) is 16.3 Å². The van der Waals surface area contributed by atoms with Gasteiger partial charge in [-0.05, 0) is 47.9 Å². The number of carbonyl (C=O) groups excluding carboxylic acids is 1. The Morgan fingerprint density at radius 1 is 1.00 bits per heavy atom. The summed E-state index contributed by atoms with van der Waals surface area (Å²) in [6.07, 6.45) is -0.546. The van der Waals surface area contributed by atoms with Gasteiger partial charge in [0.1, 0.15) is 5.75 Å². The van der Waals surface area contributed by atoms with Crippen LogP contribution in [0.25, 0.3) is 10.8 Å². The fraction of sp³-hybridized carbons (Fsp3) is 0.190. The second kappa shape index (κ2) is 7.18. The van der Waals surface area contributed by atoms with Gasteiger partial charge in [-0.2, -0.15) is 0 Å². The summed E-state index contributed by atoms with van der Waals surface area (Å²) in [5.74, 6) is 0.582. The van der Waals surface area contributed by atoms with Gasteiger partial charge in [-0.15, -0.1) is 0 Å². The second-order valence-corrected chi connectivity index (χ2v) is 5.91. The number of rotatable bonds is 5. The number of hydrogen-bond donors (Lipinski definition) is 1. The molecule has 0 fully saturated rings. The highest BCUT2D eigenvalue weighted by atomic mass is 16.5. The molecule has 0 heterocycles. The highest BCUT2D eigenvalue weighted by Crippen LogP contribution is 2.21. The summed E-state index contributed by atoms with van der Waals surface area (Å²) in [5.41, 5.74) is 2.28. The summed E-state index contributed by atoms with van der Waals surface area (Å²) < 4.78 is 5.79. The predicted octanol–water partition coefficient (Wildman–Crippen LogP) is 4.23. The van der Waals surface area contributed by atoms with E-state index in [1.54, 1.807) is 6.92 Å². The van der Waals surface area contributed by atoms with Crippen molar-refractivity contribution in [3.8, 4) is 5.75 Å². The van der Waals surface area contributed by atoms with Gasteiger partial charge >= 0.3 is 0 Å². The molecule has 3 rings (SSSR count). The van der Waals surface area contributed by atoms with Crippen molar-refractivity contribution >= 4 is 16.7 Å². The lowest BCUT2D eigenvalue weighted by molar-refractivity contribution is -0.127. The molecular weight excluding hydrogens is 298 g/mol. The summed E-state index contributed by atoms with van der Waals surface area (Å²) in [6.45, 7) is 4.32. The largest absolute Gasteiger partial charge is 0.481 e. The summed E-state index contributed by atoms with van der Waals surface area (Å²) in [6, 6.07) is 22.0. The smallest absolute Gasteiger partial charge is 0.261 e. The number of benzene rings is 3. The van der Waals surface area contributed by atoms with Gasteiger partial charge in [-0.1, -0.05) is 54.6 Å². The standard InChI is InChI=1S/C21H21NO2/c1-15-7-3-4-10-19(15)14-22-21(23)16(2)24-20-12-11-17-8-5-6-9-18(17)13-20/h3-13,16H,14H2,1-2H3,(H,22,23). The maximum Gasteiger partial charge on any atom is 0.261 e. The first-order valence-electron chi connectivity index (χ1n) is 8.11. The minimum Gasteiger partial charge on any atom is -0.481 e. The van der Waals surface area contributed by atoms with Gasteiger partial charge in [0.2, 0.25) is 0 Å². The Morgan fingerprint density at radius 3 is 2.50 bits per heavy atom. The van der Waals surface area contributed by atoms with E-state index >= 15 is 0 Å². The number of amides is 1. The van der Waals surface area contributed by atoms with E-state index < -0.39 is 6.10 Å². The maximum atomic E-state index is 12.3. The van der Waals surface area contributed by atoms with E-state index in [1.165, 1.54) is 5.56 Å². The molecule has 0 saturated carbocycles. The number of hydrogen-bond acceptors (Lipinski definition) is 2. The predicted molar refractivity (Wildman–Crippen MR) is 97.1 cm³/mol. The van der Waals surface area contributed by atoms with Crippen molar-refractivity contribution < 1.29 is 9.53 Å². The Hall–Kier alpha value is -2.81. The molecule has 0 saturated heterocycles. The second-order valence-electron chi connectivity index (χ2n) is 5.91. The zero-order chi connectivity index (χ0) is 16.9. The van der Waals surface area contributed by atoms with Crippen molar-refractivity contribution in [3.05, 3.63) is 77.9 Å². The molecule has 24 heavy (non-hydrogen) atoms. The van der Waals surface area contributed by atoms with E-state index in [1.807, 2.05) is 67.6 Å². The Morgan fingerprint density at radius 2 is 1.71 bits per heavy atom. The van der Waals surface area contributed by atoms with Crippen molar-refractivity contribution in [1.29, 1.82) is 0 Å². The molecule has 3 heteroatoms. The van der Waals surface area contributed by atoms with E-state index in [4.69, 9.17) is 4.74 Å². The molecule has 1 N–H and O–H groups in total. The average Bonchev–Trinajstić information content (AvgIpc) is 2.60. The van der Waals surface area contributed by atoms with Crippen molar-refractivity contribution in [3.63, 3.8) is 0 Å². The van der Waals surface area contributed by atoms with Crippen LogP contribution in [0.15, 0.2) is 66.7 Å². The first-order valence-corrected chi connectivity index (χ1v) is 8.11. The molecule has 3 aromatic rings. The summed E-state index contributed by atoms with van der Waals surface area (Å²) >= 11 is 0. The van der Waals surface area contributed by atoms with Crippen LogP contribution >= 0.6 is 0 Å². The Kier molecular flexibility index (Phi) is 4.80. The van der Waals surface area contributed by atoms with E-state index in [-0.39, 0.29) is 5.91 Å². The molecule has 1 atom stereocenters. The zero-order valence-corrected chi connectivity index (χ0v) is 14.0. The van der Waals surface area contributed by atoms with Crippen molar-refractivity contribution in [2.75, 3.05) is 0 Å². The van der Waals surface area contributed by atoms with Crippen LogP contribution in [-0.2, 0) is 11.3 Å². The molecule has 0 aliphatic heterocycles. The van der Waals surface area contributed by atoms with Crippen LogP contribution in [-0.4, -0.2) is 12.0 Å².